The van der Waals surface area contributed by atoms with Crippen molar-refractivity contribution in [3.05, 3.63) is 29.6 Å². The highest BCUT2D eigenvalue weighted by Crippen LogP contribution is 2.34. The predicted octanol–water partition coefficient (Wildman–Crippen LogP) is 2.19. The number of hydrogen-bond donors (Lipinski definition) is 1. The number of hydrogen-bond acceptors (Lipinski definition) is 5. The Bertz CT molecular complexity index is 828. The van der Waals surface area contributed by atoms with Gasteiger partial charge in [-0.1, -0.05) is 20.8 Å². The van der Waals surface area contributed by atoms with Crippen molar-refractivity contribution < 1.29 is 9.59 Å². The molecule has 0 radical (unpaired) electrons. The number of likely N-dealkylation sites (N-methyl/N-ethyl adjacent to an activating group) is 1. The molecule has 3 aliphatic heterocycles. The molecule has 32 heavy (non-hydrogen) atoms. The van der Waals surface area contributed by atoms with Gasteiger partial charge in [0.25, 0.3) is 0 Å². The molecule has 1 spiro atoms. The maximum absolute atomic E-state index is 13.3. The van der Waals surface area contributed by atoms with Crippen molar-refractivity contribution in [2.45, 2.75) is 77.5 Å². The number of amides is 2. The van der Waals surface area contributed by atoms with Crippen LogP contribution in [-0.2, 0) is 16.1 Å². The van der Waals surface area contributed by atoms with Crippen molar-refractivity contribution in [1.29, 1.82) is 0 Å². The summed E-state index contributed by atoms with van der Waals surface area (Å²) in [5.74, 6) is 0.177. The predicted molar refractivity (Wildman–Crippen MR) is 125 cm³/mol. The lowest BCUT2D eigenvalue weighted by molar-refractivity contribution is -0.135. The van der Waals surface area contributed by atoms with E-state index in [1.807, 2.05) is 23.4 Å². The molecule has 4 rings (SSSR count). The second-order valence-electron chi connectivity index (χ2n) is 11.5. The van der Waals surface area contributed by atoms with Gasteiger partial charge in [-0.2, -0.15) is 0 Å². The molecule has 0 bridgehead atoms. The van der Waals surface area contributed by atoms with Crippen LogP contribution in [0.2, 0.25) is 0 Å². The van der Waals surface area contributed by atoms with E-state index in [0.717, 1.165) is 45.4 Å². The van der Waals surface area contributed by atoms with Crippen LogP contribution in [0, 0.1) is 12.3 Å². The minimum Gasteiger partial charge on any atom is -0.348 e. The van der Waals surface area contributed by atoms with Crippen molar-refractivity contribution in [2.24, 2.45) is 5.41 Å². The summed E-state index contributed by atoms with van der Waals surface area (Å²) in [6.07, 6.45) is 6.55. The standard InChI is InChI=1S/C25H39N5O2/c1-18-6-9-26-14-19(18)15-29-10-7-25(8-11-29)13-22(31)30-16-20(12-21(30)23(32)27-25)28(5)17-24(2,3)4/h6,9,14,20-21H,7-8,10-13,15-17H2,1-5H3,(H,27,32)/t20-,21-/m0/s1. The highest BCUT2D eigenvalue weighted by atomic mass is 16.2. The molecule has 1 aromatic heterocycles. The molecule has 1 N–H and O–H groups in total. The number of carbonyl (C=O) groups is 2. The van der Waals surface area contributed by atoms with Gasteiger partial charge in [0.05, 0.1) is 12.0 Å². The number of aromatic nitrogens is 1. The molecule has 3 aliphatic rings. The number of pyridine rings is 1. The molecule has 0 aliphatic carbocycles. The van der Waals surface area contributed by atoms with Gasteiger partial charge in [0.15, 0.2) is 0 Å². The summed E-state index contributed by atoms with van der Waals surface area (Å²) in [6.45, 7) is 13.0. The largest absolute Gasteiger partial charge is 0.348 e. The number of rotatable bonds is 4. The summed E-state index contributed by atoms with van der Waals surface area (Å²) in [5.41, 5.74) is 2.29. The van der Waals surface area contributed by atoms with Crippen LogP contribution in [0.3, 0.4) is 0 Å². The highest BCUT2D eigenvalue weighted by molar-refractivity contribution is 5.92. The van der Waals surface area contributed by atoms with Crippen LogP contribution < -0.4 is 5.32 Å². The van der Waals surface area contributed by atoms with E-state index in [1.54, 1.807) is 0 Å². The Kier molecular flexibility index (Phi) is 6.34. The summed E-state index contributed by atoms with van der Waals surface area (Å²) in [5, 5.41) is 3.34. The molecular weight excluding hydrogens is 402 g/mol. The van der Waals surface area contributed by atoms with Crippen LogP contribution >= 0.6 is 0 Å². The molecule has 4 heterocycles. The Labute approximate surface area is 192 Å². The minimum atomic E-state index is -0.397. The van der Waals surface area contributed by atoms with Gasteiger partial charge in [0.2, 0.25) is 11.8 Å². The lowest BCUT2D eigenvalue weighted by atomic mass is 9.83. The monoisotopic (exact) mass is 441 g/mol. The SMILES string of the molecule is Cc1ccncc1CN1CCC2(CC1)CC(=O)N1C[C@@H](N(C)CC(C)(C)C)C[C@H]1C(=O)N2. The van der Waals surface area contributed by atoms with E-state index < -0.39 is 5.54 Å². The molecule has 0 unspecified atom stereocenters. The Morgan fingerprint density at radius 2 is 1.97 bits per heavy atom. The minimum absolute atomic E-state index is 0.0408. The zero-order valence-electron chi connectivity index (χ0n) is 20.4. The highest BCUT2D eigenvalue weighted by Gasteiger charge is 2.49. The number of likely N-dealkylation sites (tertiary alicyclic amines) is 1. The van der Waals surface area contributed by atoms with Crippen molar-refractivity contribution in [3.8, 4) is 0 Å². The Morgan fingerprint density at radius 3 is 2.62 bits per heavy atom. The van der Waals surface area contributed by atoms with Crippen LogP contribution in [0.5, 0.6) is 0 Å². The van der Waals surface area contributed by atoms with Gasteiger partial charge in [-0.05, 0) is 55.8 Å². The number of nitrogens with zero attached hydrogens (tertiary/aromatic N) is 4. The zero-order chi connectivity index (χ0) is 23.1. The van der Waals surface area contributed by atoms with E-state index in [4.69, 9.17) is 0 Å². The third kappa shape index (κ3) is 4.99. The maximum Gasteiger partial charge on any atom is 0.243 e. The molecule has 176 valence electrons. The van der Waals surface area contributed by atoms with Gasteiger partial charge >= 0.3 is 0 Å². The summed E-state index contributed by atoms with van der Waals surface area (Å²) in [6, 6.07) is 1.96. The third-order valence-electron chi connectivity index (χ3n) is 7.48. The molecular formula is C25H39N5O2. The first-order valence-corrected chi connectivity index (χ1v) is 12.0. The Morgan fingerprint density at radius 1 is 1.25 bits per heavy atom. The lowest BCUT2D eigenvalue weighted by Crippen LogP contribution is -2.56. The lowest BCUT2D eigenvalue weighted by Gasteiger charge is -2.41. The fraction of sp³-hybridized carbons (Fsp3) is 0.720. The van der Waals surface area contributed by atoms with Crippen LogP contribution in [0.1, 0.15) is 57.6 Å². The van der Waals surface area contributed by atoms with Gasteiger partial charge in [0.1, 0.15) is 6.04 Å². The van der Waals surface area contributed by atoms with Crippen molar-refractivity contribution in [2.75, 3.05) is 33.2 Å². The van der Waals surface area contributed by atoms with E-state index in [-0.39, 0.29) is 29.3 Å². The van der Waals surface area contributed by atoms with Crippen LogP contribution in [0.4, 0.5) is 0 Å². The molecule has 0 aromatic carbocycles. The van der Waals surface area contributed by atoms with Gasteiger partial charge in [0, 0.05) is 51.2 Å². The average molecular weight is 442 g/mol. The van der Waals surface area contributed by atoms with Gasteiger partial charge in [-0.15, -0.1) is 0 Å². The molecule has 2 amide bonds. The summed E-state index contributed by atoms with van der Waals surface area (Å²) in [4.78, 5) is 37.4. The van der Waals surface area contributed by atoms with E-state index in [2.05, 4.69) is 54.8 Å². The molecule has 2 atom stereocenters. The molecule has 1 aromatic rings. The number of aryl methyl sites for hydroxylation is 1. The molecule has 0 saturated carbocycles. The van der Waals surface area contributed by atoms with Gasteiger partial charge in [-0.25, -0.2) is 0 Å². The maximum atomic E-state index is 13.3. The summed E-state index contributed by atoms with van der Waals surface area (Å²) >= 11 is 0. The van der Waals surface area contributed by atoms with Gasteiger partial charge < -0.3 is 15.1 Å². The normalized spacial score (nSPS) is 26.4. The topological polar surface area (TPSA) is 68.8 Å². The first-order valence-electron chi connectivity index (χ1n) is 12.0. The number of carbonyl (C=O) groups excluding carboxylic acids is 2. The van der Waals surface area contributed by atoms with Crippen molar-refractivity contribution >= 4 is 11.8 Å². The second-order valence-corrected chi connectivity index (χ2v) is 11.5. The average Bonchev–Trinajstić information content (AvgIpc) is 3.13. The van der Waals surface area contributed by atoms with E-state index in [0.29, 0.717) is 13.0 Å². The quantitative estimate of drug-likeness (QED) is 0.776. The summed E-state index contributed by atoms with van der Waals surface area (Å²) < 4.78 is 0. The van der Waals surface area contributed by atoms with Crippen molar-refractivity contribution in [3.63, 3.8) is 0 Å². The van der Waals surface area contributed by atoms with Crippen LogP contribution in [0.25, 0.3) is 0 Å². The Balaban J connectivity index is 1.38. The molecule has 3 saturated heterocycles. The fourth-order valence-corrected chi connectivity index (χ4v) is 5.66. The number of piperidine rings is 1. The molecule has 7 heteroatoms. The molecule has 3 fully saturated rings. The fourth-order valence-electron chi connectivity index (χ4n) is 5.66. The zero-order valence-corrected chi connectivity index (χ0v) is 20.4. The third-order valence-corrected chi connectivity index (χ3v) is 7.48. The Hall–Kier alpha value is -1.99. The smallest absolute Gasteiger partial charge is 0.243 e. The second kappa shape index (κ2) is 8.75. The van der Waals surface area contributed by atoms with E-state index >= 15 is 0 Å². The summed E-state index contributed by atoms with van der Waals surface area (Å²) in [7, 11) is 2.12. The first kappa shape index (κ1) is 23.2. The van der Waals surface area contributed by atoms with Crippen molar-refractivity contribution in [1.82, 2.24) is 25.0 Å². The number of nitrogens with one attached hydrogen (secondary N) is 1. The van der Waals surface area contributed by atoms with Crippen LogP contribution in [-0.4, -0.2) is 82.3 Å². The number of fused-ring (bicyclic) bond motifs is 1. The van der Waals surface area contributed by atoms with E-state index in [1.165, 1.54) is 11.1 Å². The van der Waals surface area contributed by atoms with E-state index in [9.17, 15) is 9.59 Å². The molecule has 7 nitrogen and oxygen atoms in total. The van der Waals surface area contributed by atoms with Gasteiger partial charge in [-0.3, -0.25) is 19.5 Å². The first-order chi connectivity index (χ1) is 15.1. The van der Waals surface area contributed by atoms with Crippen LogP contribution in [0.15, 0.2) is 18.5 Å².